The quantitative estimate of drug-likeness (QED) is 0.110. The van der Waals surface area contributed by atoms with Gasteiger partial charge < -0.3 is 18.9 Å². The van der Waals surface area contributed by atoms with E-state index in [2.05, 4.69) is 18.9 Å². The molecule has 0 amide bonds. The van der Waals surface area contributed by atoms with Gasteiger partial charge in [0.15, 0.2) is 0 Å². The summed E-state index contributed by atoms with van der Waals surface area (Å²) in [5.74, 6) is -4.40. The Morgan fingerprint density at radius 2 is 0.333 bits per heavy atom. The SMILES string of the molecule is Br.Br.Br.Br.O=C1OC(=O)c2ccccc21.O=C1OC(=O)c2ccccc21.O=C1OC(=O)c2ccccc21.O=C1OC(=O)c2ccccc21. The molecule has 0 radical (unpaired) electrons. The maximum absolute atomic E-state index is 10.8. The molecule has 4 heterocycles. The molecule has 4 aromatic rings. The summed E-state index contributed by atoms with van der Waals surface area (Å²) in [7, 11) is 0. The van der Waals surface area contributed by atoms with Crippen LogP contribution in [0.2, 0.25) is 0 Å². The normalized spacial score (nSPS) is 13.3. The van der Waals surface area contributed by atoms with Crippen LogP contribution < -0.4 is 0 Å². The number of benzene rings is 4. The van der Waals surface area contributed by atoms with Gasteiger partial charge in [0.2, 0.25) is 0 Å². The van der Waals surface area contributed by atoms with E-state index in [4.69, 9.17) is 0 Å². The highest BCUT2D eigenvalue weighted by Gasteiger charge is 2.30. The van der Waals surface area contributed by atoms with Crippen LogP contribution in [0.1, 0.15) is 82.9 Å². The van der Waals surface area contributed by atoms with Crippen molar-refractivity contribution >= 4 is 116 Å². The average Bonchev–Trinajstić information content (AvgIpc) is 3.71. The molecular weight excluding hydrogens is 896 g/mol. The van der Waals surface area contributed by atoms with Crippen molar-refractivity contribution in [2.45, 2.75) is 0 Å². The maximum atomic E-state index is 10.8. The zero-order valence-corrected chi connectivity index (χ0v) is 30.6. The summed E-state index contributed by atoms with van der Waals surface area (Å²) in [4.78, 5) is 86.7. The van der Waals surface area contributed by atoms with E-state index in [1.54, 1.807) is 97.1 Å². The number of carbonyl (C=O) groups excluding carboxylic acids is 8. The fourth-order valence-corrected chi connectivity index (χ4v) is 4.13. The highest BCUT2D eigenvalue weighted by Crippen LogP contribution is 2.21. The molecule has 0 bridgehead atoms. The minimum Gasteiger partial charge on any atom is -0.386 e. The van der Waals surface area contributed by atoms with Crippen LogP contribution >= 0.6 is 67.9 Å². The fraction of sp³-hybridized carbons (Fsp3) is 0. The second-order valence-corrected chi connectivity index (χ2v) is 8.89. The largest absolute Gasteiger partial charge is 0.386 e. The molecule has 0 unspecified atom stereocenters. The highest BCUT2D eigenvalue weighted by atomic mass is 79.9. The van der Waals surface area contributed by atoms with E-state index in [1.807, 2.05) is 0 Å². The van der Waals surface area contributed by atoms with Crippen molar-refractivity contribution in [3.05, 3.63) is 142 Å². The maximum Gasteiger partial charge on any atom is 0.346 e. The van der Waals surface area contributed by atoms with Gasteiger partial charge in [0, 0.05) is 0 Å². The Kier molecular flexibility index (Phi) is 15.6. The Morgan fingerprint density at radius 3 is 0.438 bits per heavy atom. The number of carbonyl (C=O) groups is 8. The Morgan fingerprint density at radius 1 is 0.229 bits per heavy atom. The van der Waals surface area contributed by atoms with Gasteiger partial charge in [-0.2, -0.15) is 0 Å². The summed E-state index contributed by atoms with van der Waals surface area (Å²) >= 11 is 0. The number of esters is 8. The Labute approximate surface area is 312 Å². The third-order valence-corrected chi connectivity index (χ3v) is 6.21. The summed E-state index contributed by atoms with van der Waals surface area (Å²) < 4.78 is 17.4. The van der Waals surface area contributed by atoms with Crippen LogP contribution in [0.5, 0.6) is 0 Å². The number of hydrogen-bond donors (Lipinski definition) is 0. The zero-order valence-electron chi connectivity index (χ0n) is 23.8. The van der Waals surface area contributed by atoms with E-state index in [0.717, 1.165) is 0 Å². The molecule has 0 atom stereocenters. The molecule has 4 aliphatic heterocycles. The first-order valence-corrected chi connectivity index (χ1v) is 12.6. The number of halogens is 4. The topological polar surface area (TPSA) is 173 Å². The van der Waals surface area contributed by atoms with Gasteiger partial charge in [0.05, 0.1) is 44.5 Å². The average molecular weight is 916 g/mol. The lowest BCUT2D eigenvalue weighted by Gasteiger charge is -1.86. The van der Waals surface area contributed by atoms with E-state index in [0.29, 0.717) is 44.5 Å². The molecule has 0 aromatic heterocycles. The first-order valence-electron chi connectivity index (χ1n) is 12.6. The van der Waals surface area contributed by atoms with Crippen molar-refractivity contribution in [2.24, 2.45) is 0 Å². The van der Waals surface area contributed by atoms with Crippen molar-refractivity contribution in [1.29, 1.82) is 0 Å². The second kappa shape index (κ2) is 18.1. The van der Waals surface area contributed by atoms with Gasteiger partial charge in [-0.25, -0.2) is 38.4 Å². The van der Waals surface area contributed by atoms with Crippen molar-refractivity contribution in [1.82, 2.24) is 0 Å². The van der Waals surface area contributed by atoms with Crippen LogP contribution in [0.4, 0.5) is 0 Å². The molecule has 0 N–H and O–H groups in total. The lowest BCUT2D eigenvalue weighted by molar-refractivity contribution is 0.0425. The van der Waals surface area contributed by atoms with Crippen LogP contribution in [0.25, 0.3) is 0 Å². The Hall–Kier alpha value is -4.64. The summed E-state index contributed by atoms with van der Waals surface area (Å²) in [5.41, 5.74) is 2.87. The van der Waals surface area contributed by atoms with E-state index in [-0.39, 0.29) is 67.9 Å². The smallest absolute Gasteiger partial charge is 0.346 e. The zero-order chi connectivity index (χ0) is 31.4. The van der Waals surface area contributed by atoms with E-state index >= 15 is 0 Å². The molecule has 248 valence electrons. The molecule has 16 heteroatoms. The lowest BCUT2D eigenvalue weighted by atomic mass is 10.1. The van der Waals surface area contributed by atoms with Crippen molar-refractivity contribution in [2.75, 3.05) is 0 Å². The first-order chi connectivity index (χ1) is 21.2. The molecule has 4 aromatic carbocycles. The molecule has 48 heavy (non-hydrogen) atoms. The van der Waals surface area contributed by atoms with Gasteiger partial charge in [0.1, 0.15) is 0 Å². The minimum atomic E-state index is -0.550. The summed E-state index contributed by atoms with van der Waals surface area (Å²) in [6, 6.07) is 26.1. The van der Waals surface area contributed by atoms with E-state index in [9.17, 15) is 38.4 Å². The summed E-state index contributed by atoms with van der Waals surface area (Å²) in [5, 5.41) is 0. The van der Waals surface area contributed by atoms with Crippen molar-refractivity contribution in [3.8, 4) is 0 Å². The molecule has 0 spiro atoms. The molecule has 0 saturated heterocycles. The molecule has 0 aliphatic carbocycles. The van der Waals surface area contributed by atoms with Gasteiger partial charge in [-0.1, -0.05) is 48.5 Å². The Bertz CT molecular complexity index is 1530. The number of rotatable bonds is 0. The minimum absolute atomic E-state index is 0. The van der Waals surface area contributed by atoms with Gasteiger partial charge in [-0.05, 0) is 48.5 Å². The summed E-state index contributed by atoms with van der Waals surface area (Å²) in [6.45, 7) is 0. The standard InChI is InChI=1S/4C8H4O3.4BrH/c4*9-7-5-3-1-2-4-6(5)8(10)11-7;;;;/h4*1-4H;4*1H. The molecule has 12 nitrogen and oxygen atoms in total. The number of hydrogen-bond acceptors (Lipinski definition) is 12. The predicted molar refractivity (Wildman–Crippen MR) is 186 cm³/mol. The lowest BCUT2D eigenvalue weighted by Crippen LogP contribution is -1.96. The third kappa shape index (κ3) is 8.83. The van der Waals surface area contributed by atoms with Crippen LogP contribution in [0.15, 0.2) is 97.1 Å². The third-order valence-electron chi connectivity index (χ3n) is 6.21. The van der Waals surface area contributed by atoms with Crippen molar-refractivity contribution in [3.63, 3.8) is 0 Å². The molecule has 0 saturated carbocycles. The summed E-state index contributed by atoms with van der Waals surface area (Å²) in [6.07, 6.45) is 0. The van der Waals surface area contributed by atoms with Gasteiger partial charge in [-0.15, -0.1) is 67.9 Å². The highest BCUT2D eigenvalue weighted by molar-refractivity contribution is 8.93. The first kappa shape index (κ1) is 41.4. The molecule has 0 fully saturated rings. The molecule has 8 rings (SSSR count). The van der Waals surface area contributed by atoms with E-state index < -0.39 is 47.8 Å². The fourth-order valence-electron chi connectivity index (χ4n) is 4.13. The van der Waals surface area contributed by atoms with Gasteiger partial charge >= 0.3 is 47.8 Å². The second-order valence-electron chi connectivity index (χ2n) is 8.89. The van der Waals surface area contributed by atoms with Crippen LogP contribution in [0.3, 0.4) is 0 Å². The van der Waals surface area contributed by atoms with Crippen molar-refractivity contribution < 1.29 is 57.3 Å². The Balaban J connectivity index is 0.000000311. The number of fused-ring (bicyclic) bond motifs is 4. The van der Waals surface area contributed by atoms with Gasteiger partial charge in [-0.3, -0.25) is 0 Å². The number of ether oxygens (including phenoxy) is 4. The van der Waals surface area contributed by atoms with Gasteiger partial charge in [0.25, 0.3) is 0 Å². The number of cyclic esters (lactones) is 8. The molecule has 4 aliphatic rings. The van der Waals surface area contributed by atoms with Crippen LogP contribution in [-0.4, -0.2) is 47.8 Å². The molecular formula is C32H20Br4O12. The van der Waals surface area contributed by atoms with E-state index in [1.165, 1.54) is 0 Å². The predicted octanol–water partition coefficient (Wildman–Crippen LogP) is 6.30. The van der Waals surface area contributed by atoms with Crippen LogP contribution in [0, 0.1) is 0 Å². The van der Waals surface area contributed by atoms with Crippen LogP contribution in [-0.2, 0) is 18.9 Å². The monoisotopic (exact) mass is 912 g/mol.